The minimum Gasteiger partial charge on any atom is -0.497 e. The van der Waals surface area contributed by atoms with Crippen molar-refractivity contribution in [2.45, 2.75) is 11.8 Å². The summed E-state index contributed by atoms with van der Waals surface area (Å²) in [5.41, 5.74) is 1.37. The summed E-state index contributed by atoms with van der Waals surface area (Å²) in [5.74, 6) is 0.501. The van der Waals surface area contributed by atoms with E-state index in [1.165, 1.54) is 23.6 Å². The third-order valence-corrected chi connectivity index (χ3v) is 4.60. The Kier molecular flexibility index (Phi) is 4.21. The van der Waals surface area contributed by atoms with Crippen LogP contribution in [0, 0.1) is 0 Å². The Morgan fingerprint density at radius 2 is 1.83 bits per heavy atom. The number of fused-ring (bicyclic) bond motifs is 1. The van der Waals surface area contributed by atoms with Gasteiger partial charge in [-0.3, -0.25) is 14.5 Å². The number of ether oxygens (including phenoxy) is 1. The second kappa shape index (κ2) is 6.30. The Morgan fingerprint density at radius 3 is 2.43 bits per heavy atom. The van der Waals surface area contributed by atoms with Gasteiger partial charge in [-0.05, 0) is 36.4 Å². The van der Waals surface area contributed by atoms with Gasteiger partial charge in [0.15, 0.2) is 0 Å². The number of hydrogen-bond donors (Lipinski definition) is 0. The lowest BCUT2D eigenvalue weighted by Gasteiger charge is -2.17. The van der Waals surface area contributed by atoms with Crippen LogP contribution in [0.15, 0.2) is 64.5 Å². The average Bonchev–Trinajstić information content (AvgIpc) is 2.89. The zero-order chi connectivity index (χ0) is 16.4. The summed E-state index contributed by atoms with van der Waals surface area (Å²) in [4.78, 5) is 27.4. The molecule has 0 spiro atoms. The minimum atomic E-state index is -0.160. The Labute approximate surface area is 138 Å². The molecular weight excluding hydrogens is 310 g/mol. The molecule has 0 atom stereocenters. The number of benzene rings is 2. The summed E-state index contributed by atoms with van der Waals surface area (Å²) in [7, 11) is 1.59. The van der Waals surface area contributed by atoms with E-state index in [4.69, 9.17) is 4.74 Å². The fourth-order valence-electron chi connectivity index (χ4n) is 2.33. The summed E-state index contributed by atoms with van der Waals surface area (Å²) < 4.78 is 5.13. The molecule has 5 heteroatoms. The van der Waals surface area contributed by atoms with Crippen molar-refractivity contribution >= 4 is 29.1 Å². The SMILES string of the molecule is COc1ccc(N(/C=C2\Sc3ccccc3C2=O)C(C)=O)cc1. The Morgan fingerprint density at radius 1 is 1.13 bits per heavy atom. The van der Waals surface area contributed by atoms with Crippen molar-refractivity contribution in [3.8, 4) is 5.75 Å². The summed E-state index contributed by atoms with van der Waals surface area (Å²) in [6.07, 6.45) is 1.61. The molecule has 0 saturated heterocycles. The maximum absolute atomic E-state index is 12.4. The first kappa shape index (κ1) is 15.4. The Balaban J connectivity index is 1.94. The molecule has 0 aromatic heterocycles. The number of amides is 1. The van der Waals surface area contributed by atoms with Gasteiger partial charge in [0.2, 0.25) is 11.7 Å². The lowest BCUT2D eigenvalue weighted by Crippen LogP contribution is -2.22. The molecule has 0 radical (unpaired) electrons. The normalized spacial score (nSPS) is 14.7. The van der Waals surface area contributed by atoms with Gasteiger partial charge in [-0.25, -0.2) is 0 Å². The van der Waals surface area contributed by atoms with Crippen molar-refractivity contribution in [3.63, 3.8) is 0 Å². The van der Waals surface area contributed by atoms with Crippen LogP contribution in [0.25, 0.3) is 0 Å². The van der Waals surface area contributed by atoms with Crippen LogP contribution in [0.3, 0.4) is 0 Å². The smallest absolute Gasteiger partial charge is 0.227 e. The van der Waals surface area contributed by atoms with Crippen LogP contribution in [0.4, 0.5) is 5.69 Å². The number of carbonyl (C=O) groups is 2. The fraction of sp³-hybridized carbons (Fsp3) is 0.111. The fourth-order valence-corrected chi connectivity index (χ4v) is 3.35. The molecule has 2 aromatic rings. The van der Waals surface area contributed by atoms with Crippen molar-refractivity contribution in [1.82, 2.24) is 0 Å². The first-order valence-corrected chi connectivity index (χ1v) is 7.89. The van der Waals surface area contributed by atoms with Crippen molar-refractivity contribution < 1.29 is 14.3 Å². The van der Waals surface area contributed by atoms with Gasteiger partial charge in [-0.1, -0.05) is 23.9 Å². The molecule has 0 aliphatic carbocycles. The first-order valence-electron chi connectivity index (χ1n) is 7.07. The Bertz CT molecular complexity index is 796. The molecule has 1 amide bonds. The number of nitrogens with zero attached hydrogens (tertiary/aromatic N) is 1. The molecule has 1 aliphatic heterocycles. The number of allylic oxidation sites excluding steroid dienone is 1. The van der Waals surface area contributed by atoms with Gasteiger partial charge in [-0.2, -0.15) is 0 Å². The van der Waals surface area contributed by atoms with Crippen LogP contribution in [0.1, 0.15) is 17.3 Å². The second-order valence-electron chi connectivity index (χ2n) is 5.01. The molecular formula is C18H15NO3S. The van der Waals surface area contributed by atoms with E-state index in [2.05, 4.69) is 0 Å². The number of rotatable bonds is 3. The predicted molar refractivity (Wildman–Crippen MR) is 90.9 cm³/mol. The van der Waals surface area contributed by atoms with E-state index in [1.807, 2.05) is 18.2 Å². The zero-order valence-electron chi connectivity index (χ0n) is 12.8. The topological polar surface area (TPSA) is 46.6 Å². The molecule has 0 fully saturated rings. The third kappa shape index (κ3) is 3.00. The summed E-state index contributed by atoms with van der Waals surface area (Å²) in [6.45, 7) is 1.47. The number of thioether (sulfide) groups is 1. The quantitative estimate of drug-likeness (QED) is 0.804. The van der Waals surface area contributed by atoms with Gasteiger partial charge in [0, 0.05) is 29.3 Å². The maximum Gasteiger partial charge on any atom is 0.227 e. The van der Waals surface area contributed by atoms with Gasteiger partial charge >= 0.3 is 0 Å². The van der Waals surface area contributed by atoms with Gasteiger partial charge in [0.1, 0.15) is 5.75 Å². The van der Waals surface area contributed by atoms with E-state index >= 15 is 0 Å². The second-order valence-corrected chi connectivity index (χ2v) is 6.09. The number of ketones is 1. The predicted octanol–water partition coefficient (Wildman–Crippen LogP) is 3.88. The number of methoxy groups -OCH3 is 1. The molecule has 0 bridgehead atoms. The standard InChI is InChI=1S/C18H15NO3S/c1-12(20)19(13-7-9-14(22-2)10-8-13)11-17-18(21)15-5-3-4-6-16(15)23-17/h3-11H,1-2H3/b17-11-. The molecule has 0 unspecified atom stereocenters. The molecule has 0 N–H and O–H groups in total. The minimum absolute atomic E-state index is 0.0506. The molecule has 2 aromatic carbocycles. The highest BCUT2D eigenvalue weighted by molar-refractivity contribution is 8.04. The summed E-state index contributed by atoms with van der Waals surface area (Å²) in [5, 5.41) is 0. The largest absolute Gasteiger partial charge is 0.497 e. The van der Waals surface area contributed by atoms with Gasteiger partial charge < -0.3 is 4.74 Å². The van der Waals surface area contributed by atoms with E-state index in [1.54, 1.807) is 43.6 Å². The van der Waals surface area contributed by atoms with E-state index in [9.17, 15) is 9.59 Å². The number of anilines is 1. The van der Waals surface area contributed by atoms with Crippen molar-refractivity contribution in [2.75, 3.05) is 12.0 Å². The monoisotopic (exact) mass is 325 g/mol. The number of Topliss-reactive ketones (excluding diaryl/α,β-unsaturated/α-hetero) is 1. The average molecular weight is 325 g/mol. The Hall–Kier alpha value is -2.53. The van der Waals surface area contributed by atoms with Crippen LogP contribution in [-0.4, -0.2) is 18.8 Å². The van der Waals surface area contributed by atoms with E-state index in [0.717, 1.165) is 4.90 Å². The zero-order valence-corrected chi connectivity index (χ0v) is 13.6. The van der Waals surface area contributed by atoms with E-state index in [0.29, 0.717) is 21.9 Å². The number of hydrogen-bond acceptors (Lipinski definition) is 4. The van der Waals surface area contributed by atoms with Crippen molar-refractivity contribution in [1.29, 1.82) is 0 Å². The molecule has 3 rings (SSSR count). The highest BCUT2D eigenvalue weighted by Crippen LogP contribution is 2.40. The van der Waals surface area contributed by atoms with Crippen LogP contribution in [0.5, 0.6) is 5.75 Å². The van der Waals surface area contributed by atoms with Crippen LogP contribution >= 0.6 is 11.8 Å². The molecule has 1 aliphatic rings. The lowest BCUT2D eigenvalue weighted by atomic mass is 10.1. The molecule has 4 nitrogen and oxygen atoms in total. The van der Waals surface area contributed by atoms with Crippen molar-refractivity contribution in [3.05, 3.63) is 65.2 Å². The highest BCUT2D eigenvalue weighted by atomic mass is 32.2. The van der Waals surface area contributed by atoms with E-state index in [-0.39, 0.29) is 11.7 Å². The summed E-state index contributed by atoms with van der Waals surface area (Å²) in [6, 6.07) is 14.6. The molecule has 116 valence electrons. The number of carbonyl (C=O) groups excluding carboxylic acids is 2. The molecule has 0 saturated carbocycles. The van der Waals surface area contributed by atoms with E-state index < -0.39 is 0 Å². The van der Waals surface area contributed by atoms with Crippen LogP contribution in [0.2, 0.25) is 0 Å². The van der Waals surface area contributed by atoms with Gasteiger partial charge in [0.05, 0.1) is 12.0 Å². The van der Waals surface area contributed by atoms with Crippen LogP contribution in [-0.2, 0) is 4.79 Å². The molecule has 23 heavy (non-hydrogen) atoms. The molecule has 1 heterocycles. The first-order chi connectivity index (χ1) is 11.1. The van der Waals surface area contributed by atoms with Gasteiger partial charge in [-0.15, -0.1) is 0 Å². The lowest BCUT2D eigenvalue weighted by molar-refractivity contribution is -0.116. The third-order valence-electron chi connectivity index (χ3n) is 3.51. The van der Waals surface area contributed by atoms with Crippen molar-refractivity contribution in [2.24, 2.45) is 0 Å². The van der Waals surface area contributed by atoms with Crippen LogP contribution < -0.4 is 9.64 Å². The highest BCUT2D eigenvalue weighted by Gasteiger charge is 2.26. The summed E-state index contributed by atoms with van der Waals surface area (Å²) >= 11 is 1.39. The maximum atomic E-state index is 12.4. The van der Waals surface area contributed by atoms with Gasteiger partial charge in [0.25, 0.3) is 0 Å².